The molecule has 14 heteroatoms. The summed E-state index contributed by atoms with van der Waals surface area (Å²) in [6.45, 7) is 3.25. The highest BCUT2D eigenvalue weighted by Gasteiger charge is 2.68. The molecule has 0 heterocycles. The molecule has 0 spiro atoms. The number of hydrogen-bond acceptors (Lipinski definition) is 12. The van der Waals surface area contributed by atoms with Crippen molar-refractivity contribution in [2.45, 2.75) is 95.8 Å². The largest absolute Gasteiger partial charge is 0.502 e. The summed E-state index contributed by atoms with van der Waals surface area (Å²) in [5, 5.41) is 46.7. The number of fused-ring (bicyclic) bond motifs is 5. The Morgan fingerprint density at radius 1 is 1.12 bits per heavy atom. The third-order valence-electron chi connectivity index (χ3n) is 11.9. The van der Waals surface area contributed by atoms with Gasteiger partial charge in [-0.2, -0.15) is 0 Å². The van der Waals surface area contributed by atoms with Crippen molar-refractivity contribution in [3.63, 3.8) is 0 Å². The van der Waals surface area contributed by atoms with E-state index in [0.29, 0.717) is 19.3 Å². The summed E-state index contributed by atoms with van der Waals surface area (Å²) in [6.07, 6.45) is 3.47. The highest BCUT2D eigenvalue weighted by Crippen LogP contribution is 2.67. The molecule has 0 aromatic heterocycles. The molecule has 1 amide bonds. The highest BCUT2D eigenvalue weighted by atomic mass is 16.6. The Bertz CT molecular complexity index is 1590. The molecular weight excluding hydrogens is 640 g/mol. The van der Waals surface area contributed by atoms with Gasteiger partial charge < -0.3 is 30.1 Å². The number of aliphatic hydroxyl groups excluding tert-OH is 1. The van der Waals surface area contributed by atoms with Crippen molar-refractivity contribution >= 4 is 35.1 Å². The number of carbonyl (C=O) groups is 5. The average Bonchev–Trinajstić information content (AvgIpc) is 3.33. The highest BCUT2D eigenvalue weighted by molar-refractivity contribution is 5.92. The number of allylic oxidation sites excluding steroid dienone is 1. The molecular formula is C35H44N2O12. The van der Waals surface area contributed by atoms with E-state index in [1.54, 1.807) is 6.08 Å². The first-order chi connectivity index (χ1) is 23.0. The predicted octanol–water partition coefficient (Wildman–Crippen LogP) is 2.63. The van der Waals surface area contributed by atoms with Crippen molar-refractivity contribution in [1.82, 2.24) is 5.32 Å². The zero-order valence-corrected chi connectivity index (χ0v) is 27.9. The molecule has 1 aromatic rings. The third-order valence-corrected chi connectivity index (χ3v) is 11.9. The van der Waals surface area contributed by atoms with E-state index in [1.165, 1.54) is 6.07 Å². The maximum absolute atomic E-state index is 13.5. The summed E-state index contributed by atoms with van der Waals surface area (Å²) in [5.41, 5.74) is -2.30. The maximum Gasteiger partial charge on any atom is 0.328 e. The van der Waals surface area contributed by atoms with Gasteiger partial charge in [-0.1, -0.05) is 25.5 Å². The van der Waals surface area contributed by atoms with Gasteiger partial charge in [0.05, 0.1) is 24.6 Å². The number of esters is 2. The zero-order valence-electron chi connectivity index (χ0n) is 27.9. The molecule has 3 saturated carbocycles. The van der Waals surface area contributed by atoms with Crippen LogP contribution in [0.5, 0.6) is 5.75 Å². The van der Waals surface area contributed by atoms with Crippen LogP contribution in [-0.2, 0) is 39.9 Å². The van der Waals surface area contributed by atoms with E-state index in [-0.39, 0.29) is 53.8 Å². The number of aromatic hydroxyl groups is 1. The fraction of sp³-hybridized carbons (Fsp3) is 0.629. The van der Waals surface area contributed by atoms with Crippen molar-refractivity contribution in [3.8, 4) is 5.75 Å². The van der Waals surface area contributed by atoms with Gasteiger partial charge in [0.1, 0.15) is 11.6 Å². The topological polar surface area (TPSA) is 220 Å². The van der Waals surface area contributed by atoms with E-state index in [2.05, 4.69) is 12.2 Å². The predicted molar refractivity (Wildman–Crippen MR) is 171 cm³/mol. The maximum atomic E-state index is 13.5. The Hall–Kier alpha value is -4.17. The number of aliphatic hydroxyl groups is 2. The summed E-state index contributed by atoms with van der Waals surface area (Å²) < 4.78 is 9.92. The number of carbonyl (C=O) groups excluding carboxylic acids is 5. The van der Waals surface area contributed by atoms with Crippen LogP contribution in [0.4, 0.5) is 5.69 Å². The quantitative estimate of drug-likeness (QED) is 0.150. The van der Waals surface area contributed by atoms with Gasteiger partial charge in [-0.25, -0.2) is 4.79 Å². The number of phenols is 1. The molecule has 1 aromatic carbocycles. The number of ether oxygens (including phenoxy) is 2. The molecule has 4 N–H and O–H groups in total. The Balaban J connectivity index is 1.16. The summed E-state index contributed by atoms with van der Waals surface area (Å²) in [5.74, 6) is -3.60. The molecule has 14 nitrogen and oxygen atoms in total. The van der Waals surface area contributed by atoms with Crippen molar-refractivity contribution < 1.29 is 53.7 Å². The van der Waals surface area contributed by atoms with Crippen molar-refractivity contribution in [1.29, 1.82) is 0 Å². The van der Waals surface area contributed by atoms with E-state index in [0.717, 1.165) is 37.7 Å². The molecule has 0 radical (unpaired) electrons. The van der Waals surface area contributed by atoms with Crippen LogP contribution in [0.15, 0.2) is 29.8 Å². The summed E-state index contributed by atoms with van der Waals surface area (Å²) in [4.78, 5) is 73.6. The van der Waals surface area contributed by atoms with Crippen LogP contribution in [0.2, 0.25) is 0 Å². The van der Waals surface area contributed by atoms with Crippen LogP contribution < -0.4 is 5.32 Å². The molecule has 4 aliphatic rings. The fourth-order valence-electron chi connectivity index (χ4n) is 9.38. The van der Waals surface area contributed by atoms with Gasteiger partial charge in [0.25, 0.3) is 0 Å². The number of ketones is 2. The van der Waals surface area contributed by atoms with Crippen LogP contribution in [-0.4, -0.2) is 81.1 Å². The van der Waals surface area contributed by atoms with Crippen LogP contribution in [0.25, 0.3) is 0 Å². The SMILES string of the molecule is COC(=O)[C@H](Cc1ccc(O)c([N+](=O)[O-])c1)NC(=O)CCC(=O)OCC(=O)[C@@]1(O)CC[C@@H]2[C@@H]3CCC4=CC(=O)CC[C@]4(C)[C@@H]3[C@H](O)C[C@@]21C. The van der Waals surface area contributed by atoms with Crippen LogP contribution >= 0.6 is 0 Å². The second kappa shape index (κ2) is 13.6. The van der Waals surface area contributed by atoms with Gasteiger partial charge >= 0.3 is 17.6 Å². The molecule has 0 saturated heterocycles. The van der Waals surface area contributed by atoms with Crippen LogP contribution in [0.3, 0.4) is 0 Å². The van der Waals surface area contributed by atoms with Gasteiger partial charge in [0.2, 0.25) is 11.7 Å². The number of hydrogen-bond donors (Lipinski definition) is 4. The number of Topliss-reactive ketones (excluding diaryl/α,β-unsaturated/α-hetero) is 1. The number of methoxy groups -OCH3 is 1. The van der Waals surface area contributed by atoms with Crippen LogP contribution in [0.1, 0.15) is 77.2 Å². The number of rotatable bonds is 11. The lowest BCUT2D eigenvalue weighted by atomic mass is 9.45. The number of nitrogens with zero attached hydrogens (tertiary/aromatic N) is 1. The van der Waals surface area contributed by atoms with E-state index >= 15 is 0 Å². The van der Waals surface area contributed by atoms with E-state index in [9.17, 15) is 49.4 Å². The van der Waals surface area contributed by atoms with E-state index in [4.69, 9.17) is 9.47 Å². The Morgan fingerprint density at radius 3 is 2.55 bits per heavy atom. The second-order valence-electron chi connectivity index (χ2n) is 14.5. The normalized spacial score (nSPS) is 32.4. The monoisotopic (exact) mass is 684 g/mol. The summed E-state index contributed by atoms with van der Waals surface area (Å²) >= 11 is 0. The zero-order chi connectivity index (χ0) is 35.9. The van der Waals surface area contributed by atoms with Crippen molar-refractivity contribution in [2.24, 2.45) is 28.6 Å². The van der Waals surface area contributed by atoms with Gasteiger partial charge in [-0.15, -0.1) is 0 Å². The second-order valence-corrected chi connectivity index (χ2v) is 14.5. The molecule has 266 valence electrons. The number of nitro groups is 1. The Labute approximate surface area is 283 Å². The first-order valence-electron chi connectivity index (χ1n) is 16.7. The van der Waals surface area contributed by atoms with E-state index in [1.807, 2.05) is 6.92 Å². The van der Waals surface area contributed by atoms with E-state index < -0.39 is 82.6 Å². The Morgan fingerprint density at radius 2 is 1.86 bits per heavy atom. The number of amides is 1. The van der Waals surface area contributed by atoms with Gasteiger partial charge in [0, 0.05) is 30.7 Å². The van der Waals surface area contributed by atoms with Crippen molar-refractivity contribution in [3.05, 3.63) is 45.5 Å². The van der Waals surface area contributed by atoms with Crippen LogP contribution in [0, 0.1) is 38.7 Å². The lowest BCUT2D eigenvalue weighted by Crippen LogP contribution is -2.62. The van der Waals surface area contributed by atoms with Gasteiger partial charge in [0.15, 0.2) is 18.1 Å². The first-order valence-corrected chi connectivity index (χ1v) is 16.7. The number of nitro benzene ring substituents is 1. The molecule has 4 aliphatic carbocycles. The number of nitrogens with one attached hydrogen (secondary N) is 1. The van der Waals surface area contributed by atoms with Gasteiger partial charge in [-0.05, 0) is 79.4 Å². The standard InChI is InChI=1S/C35H44N2O12/c1-33-12-10-21(38)16-20(33)5-6-22-23-11-13-35(45,34(23,2)17-27(40)31(22)33)28(41)18-49-30(43)9-8-29(42)36-24(32(44)48-3)14-19-4-7-26(39)25(15-19)37(46)47/h4,7,15-16,22-24,27,31,39-40,45H,5-6,8-14,17-18H2,1-3H3,(H,36,42)/t22-,23+,24-,27+,31-,33-,34-,35-/m0/s1. The smallest absolute Gasteiger partial charge is 0.328 e. The molecule has 0 aliphatic heterocycles. The summed E-state index contributed by atoms with van der Waals surface area (Å²) in [7, 11) is 1.10. The minimum Gasteiger partial charge on any atom is -0.502 e. The number of benzene rings is 1. The molecule has 0 unspecified atom stereocenters. The third kappa shape index (κ3) is 6.60. The summed E-state index contributed by atoms with van der Waals surface area (Å²) in [6, 6.07) is 2.28. The lowest BCUT2D eigenvalue weighted by Gasteiger charge is -2.60. The first kappa shape index (κ1) is 36.1. The van der Waals surface area contributed by atoms with Gasteiger partial charge in [-0.3, -0.25) is 29.3 Å². The molecule has 8 atom stereocenters. The molecule has 5 rings (SSSR count). The minimum atomic E-state index is -1.82. The molecule has 3 fully saturated rings. The lowest BCUT2D eigenvalue weighted by molar-refractivity contribution is -0.385. The number of phenolic OH excluding ortho intramolecular Hbond substituents is 1. The Kier molecular flexibility index (Phi) is 10.0. The fourth-order valence-corrected chi connectivity index (χ4v) is 9.38. The minimum absolute atomic E-state index is 0.0410. The molecule has 49 heavy (non-hydrogen) atoms. The average molecular weight is 685 g/mol. The molecule has 0 bridgehead atoms. The van der Waals surface area contributed by atoms with Crippen molar-refractivity contribution in [2.75, 3.05) is 13.7 Å².